The monoisotopic (exact) mass is 235 g/mol. The van der Waals surface area contributed by atoms with E-state index in [1.54, 1.807) is 6.20 Å². The number of carbonyl (C=O) groups excluding carboxylic acids is 1. The second-order valence-corrected chi connectivity index (χ2v) is 4.61. The van der Waals surface area contributed by atoms with Crippen LogP contribution in [0.1, 0.15) is 23.3 Å². The highest BCUT2D eigenvalue weighted by atomic mass is 16.4. The molecule has 1 aromatic heterocycles. The van der Waals surface area contributed by atoms with Crippen molar-refractivity contribution in [3.8, 4) is 0 Å². The number of carboxylic acid groups (broad SMARTS) is 1. The third-order valence-electron chi connectivity index (χ3n) is 3.46. The second-order valence-electron chi connectivity index (χ2n) is 4.61. The van der Waals surface area contributed by atoms with E-state index in [4.69, 9.17) is 5.11 Å². The molecule has 0 aromatic carbocycles. The Morgan fingerprint density at radius 3 is 2.82 bits per heavy atom. The first-order valence-electron chi connectivity index (χ1n) is 5.58. The Labute approximate surface area is 97.6 Å². The Morgan fingerprint density at radius 2 is 2.24 bits per heavy atom. The molecule has 90 valence electrons. The number of nitrogens with zero attached hydrogens (tertiary/aromatic N) is 1. The normalized spacial score (nSPS) is 23.2. The van der Waals surface area contributed by atoms with Crippen molar-refractivity contribution in [2.24, 2.45) is 5.92 Å². The van der Waals surface area contributed by atoms with E-state index in [2.05, 4.69) is 10.3 Å². The van der Waals surface area contributed by atoms with Crippen LogP contribution >= 0.6 is 0 Å². The zero-order valence-corrected chi connectivity index (χ0v) is 9.36. The third-order valence-corrected chi connectivity index (χ3v) is 3.46. The minimum absolute atomic E-state index is 0.0365. The first-order valence-corrected chi connectivity index (χ1v) is 5.58. The van der Waals surface area contributed by atoms with E-state index in [9.17, 15) is 9.59 Å². The smallest absolute Gasteiger partial charge is 0.354 e. The molecule has 1 amide bonds. The van der Waals surface area contributed by atoms with Gasteiger partial charge in [0.05, 0.1) is 11.4 Å². The van der Waals surface area contributed by atoms with Crippen LogP contribution in [0.25, 0.3) is 0 Å². The lowest BCUT2D eigenvalue weighted by atomic mass is 10.1. The summed E-state index contributed by atoms with van der Waals surface area (Å²) in [6.07, 6.45) is 3.76. The average Bonchev–Trinajstić information content (AvgIpc) is 2.97. The molecule has 2 aliphatic rings. The molecule has 3 N–H and O–H groups in total. The number of aromatic amines is 1. The van der Waals surface area contributed by atoms with Crippen molar-refractivity contribution >= 4 is 23.3 Å². The number of carboxylic acids is 1. The molecule has 3 rings (SSSR count). The number of hydrogen-bond acceptors (Lipinski definition) is 3. The predicted molar refractivity (Wildman–Crippen MR) is 61.3 cm³/mol. The molecule has 1 aliphatic heterocycles. The van der Waals surface area contributed by atoms with Crippen molar-refractivity contribution in [3.05, 3.63) is 11.9 Å². The molecule has 1 aliphatic carbocycles. The van der Waals surface area contributed by atoms with Gasteiger partial charge >= 0.3 is 5.97 Å². The molecule has 2 heterocycles. The molecule has 17 heavy (non-hydrogen) atoms. The van der Waals surface area contributed by atoms with E-state index in [-0.39, 0.29) is 17.6 Å². The summed E-state index contributed by atoms with van der Waals surface area (Å²) >= 11 is 0. The molecular formula is C11H13N3O3. The maximum absolute atomic E-state index is 12.0. The fourth-order valence-electron chi connectivity index (χ4n) is 2.45. The van der Waals surface area contributed by atoms with Crippen molar-refractivity contribution in [3.63, 3.8) is 0 Å². The second kappa shape index (κ2) is 3.26. The Morgan fingerprint density at radius 1 is 1.53 bits per heavy atom. The summed E-state index contributed by atoms with van der Waals surface area (Å²) in [5.74, 6) is -0.772. The largest absolute Gasteiger partial charge is 0.477 e. The first kappa shape index (κ1) is 10.2. The fourth-order valence-corrected chi connectivity index (χ4v) is 2.45. The summed E-state index contributed by atoms with van der Waals surface area (Å²) in [6.45, 7) is 0. The number of rotatable bonds is 2. The van der Waals surface area contributed by atoms with Gasteiger partial charge in [0.2, 0.25) is 5.91 Å². The van der Waals surface area contributed by atoms with Gasteiger partial charge in [-0.3, -0.25) is 4.79 Å². The number of fused-ring (bicyclic) bond motifs is 1. The third kappa shape index (κ3) is 1.40. The van der Waals surface area contributed by atoms with Crippen LogP contribution in [0.5, 0.6) is 0 Å². The first-order chi connectivity index (χ1) is 8.09. The van der Waals surface area contributed by atoms with Gasteiger partial charge in [0, 0.05) is 13.2 Å². The van der Waals surface area contributed by atoms with Gasteiger partial charge in [-0.25, -0.2) is 4.79 Å². The minimum atomic E-state index is -1.06. The van der Waals surface area contributed by atoms with Crippen molar-refractivity contribution in [2.75, 3.05) is 17.3 Å². The molecule has 1 saturated carbocycles. The lowest BCUT2D eigenvalue weighted by Crippen LogP contribution is -2.47. The maximum atomic E-state index is 12.0. The Balaban J connectivity index is 2.03. The summed E-state index contributed by atoms with van der Waals surface area (Å²) in [7, 11) is 1.83. The van der Waals surface area contributed by atoms with Crippen molar-refractivity contribution in [2.45, 2.75) is 18.9 Å². The molecule has 1 unspecified atom stereocenters. The van der Waals surface area contributed by atoms with E-state index < -0.39 is 5.97 Å². The van der Waals surface area contributed by atoms with Crippen LogP contribution in [0, 0.1) is 5.92 Å². The molecule has 0 radical (unpaired) electrons. The maximum Gasteiger partial charge on any atom is 0.354 e. The molecule has 1 aromatic rings. The number of nitrogens with one attached hydrogen (secondary N) is 2. The summed E-state index contributed by atoms with van der Waals surface area (Å²) in [4.78, 5) is 27.5. The SMILES string of the molecule is CN1c2c[nH]c(C(=O)O)c2NC(=O)C1C1CC1. The topological polar surface area (TPSA) is 85.4 Å². The number of anilines is 2. The van der Waals surface area contributed by atoms with Crippen LogP contribution < -0.4 is 10.2 Å². The van der Waals surface area contributed by atoms with Crippen LogP contribution in [0.3, 0.4) is 0 Å². The molecule has 0 saturated heterocycles. The van der Waals surface area contributed by atoms with Crippen LogP contribution in [-0.4, -0.2) is 35.1 Å². The fraction of sp³-hybridized carbons (Fsp3) is 0.455. The zero-order valence-electron chi connectivity index (χ0n) is 9.36. The Kier molecular flexibility index (Phi) is 1.95. The molecule has 0 bridgehead atoms. The highest BCUT2D eigenvalue weighted by molar-refractivity contribution is 6.09. The van der Waals surface area contributed by atoms with Gasteiger partial charge in [-0.15, -0.1) is 0 Å². The number of likely N-dealkylation sites (N-methyl/N-ethyl adjacent to an activating group) is 1. The van der Waals surface area contributed by atoms with Gasteiger partial charge in [-0.1, -0.05) is 0 Å². The van der Waals surface area contributed by atoms with Crippen LogP contribution in [-0.2, 0) is 4.79 Å². The Bertz CT molecular complexity index is 504. The molecule has 6 heteroatoms. The van der Waals surface area contributed by atoms with E-state index in [0.29, 0.717) is 11.6 Å². The lowest BCUT2D eigenvalue weighted by molar-refractivity contribution is -0.118. The number of aromatic nitrogens is 1. The van der Waals surface area contributed by atoms with E-state index >= 15 is 0 Å². The number of carbonyl (C=O) groups is 2. The lowest BCUT2D eigenvalue weighted by Gasteiger charge is -2.33. The predicted octanol–water partition coefficient (Wildman–Crippen LogP) is 0.880. The highest BCUT2D eigenvalue weighted by Gasteiger charge is 2.43. The molecule has 0 spiro atoms. The van der Waals surface area contributed by atoms with Crippen LogP contribution in [0.2, 0.25) is 0 Å². The summed E-state index contributed by atoms with van der Waals surface area (Å²) in [6, 6.07) is -0.167. The van der Waals surface area contributed by atoms with Gasteiger partial charge in [0.25, 0.3) is 0 Å². The number of hydrogen-bond donors (Lipinski definition) is 3. The van der Waals surface area contributed by atoms with Gasteiger partial charge < -0.3 is 20.3 Å². The minimum Gasteiger partial charge on any atom is -0.477 e. The standard InChI is InChI=1S/C11H13N3O3/c1-14-6-4-12-8(11(16)17)7(6)13-10(15)9(14)5-2-3-5/h4-5,9,12H,2-3H2,1H3,(H,13,15)(H,16,17). The number of H-pyrrole nitrogens is 1. The molecule has 1 atom stereocenters. The average molecular weight is 235 g/mol. The van der Waals surface area contributed by atoms with Gasteiger partial charge in [0.1, 0.15) is 6.04 Å². The molecular weight excluding hydrogens is 222 g/mol. The Hall–Kier alpha value is -1.98. The van der Waals surface area contributed by atoms with Gasteiger partial charge in [0.15, 0.2) is 5.69 Å². The molecule has 6 nitrogen and oxygen atoms in total. The van der Waals surface area contributed by atoms with Gasteiger partial charge in [-0.05, 0) is 18.8 Å². The quantitative estimate of drug-likeness (QED) is 0.710. The van der Waals surface area contributed by atoms with Crippen molar-refractivity contribution < 1.29 is 14.7 Å². The number of aromatic carboxylic acids is 1. The highest BCUT2D eigenvalue weighted by Crippen LogP contribution is 2.42. The van der Waals surface area contributed by atoms with Crippen molar-refractivity contribution in [1.29, 1.82) is 0 Å². The van der Waals surface area contributed by atoms with E-state index in [0.717, 1.165) is 18.5 Å². The van der Waals surface area contributed by atoms with Crippen molar-refractivity contribution in [1.82, 2.24) is 4.98 Å². The summed E-state index contributed by atoms with van der Waals surface area (Å²) in [5.41, 5.74) is 1.16. The summed E-state index contributed by atoms with van der Waals surface area (Å²) < 4.78 is 0. The summed E-state index contributed by atoms with van der Waals surface area (Å²) in [5, 5.41) is 11.7. The zero-order chi connectivity index (χ0) is 12.2. The van der Waals surface area contributed by atoms with E-state index in [1.807, 2.05) is 11.9 Å². The molecule has 1 fully saturated rings. The van der Waals surface area contributed by atoms with Crippen LogP contribution in [0.4, 0.5) is 11.4 Å². The van der Waals surface area contributed by atoms with Crippen LogP contribution in [0.15, 0.2) is 6.20 Å². The number of amides is 1. The van der Waals surface area contributed by atoms with E-state index in [1.165, 1.54) is 0 Å². The van der Waals surface area contributed by atoms with Gasteiger partial charge in [-0.2, -0.15) is 0 Å².